The van der Waals surface area contributed by atoms with E-state index in [4.69, 9.17) is 4.74 Å². The Balaban J connectivity index is 2.62. The highest BCUT2D eigenvalue weighted by atomic mass is 16.5. The van der Waals surface area contributed by atoms with Gasteiger partial charge < -0.3 is 10.1 Å². The van der Waals surface area contributed by atoms with Crippen molar-refractivity contribution in [3.8, 4) is 0 Å². The van der Waals surface area contributed by atoms with Crippen LogP contribution in [0.4, 0.5) is 0 Å². The lowest BCUT2D eigenvalue weighted by atomic mass is 9.80. The number of carbonyl (C=O) groups is 1. The average Bonchev–Trinajstić information content (AvgIpc) is 2.03. The van der Waals surface area contributed by atoms with E-state index in [0.717, 1.165) is 13.1 Å². The third-order valence-electron chi connectivity index (χ3n) is 2.63. The van der Waals surface area contributed by atoms with Crippen LogP contribution >= 0.6 is 0 Å². The Bertz CT molecular complexity index is 160. The van der Waals surface area contributed by atoms with Gasteiger partial charge in [-0.1, -0.05) is 13.8 Å². The summed E-state index contributed by atoms with van der Waals surface area (Å²) in [5.74, 6) is 0.801. The van der Waals surface area contributed by atoms with Gasteiger partial charge in [0.15, 0.2) is 0 Å². The minimum absolute atomic E-state index is 0.0588. The normalized spacial score (nSPS) is 36.1. The van der Waals surface area contributed by atoms with Gasteiger partial charge >= 0.3 is 5.97 Å². The minimum atomic E-state index is -0.0588. The molecule has 1 N–H and O–H groups in total. The molecule has 2 atom stereocenters. The third-order valence-corrected chi connectivity index (χ3v) is 2.63. The number of piperidine rings is 1. The van der Waals surface area contributed by atoms with Crippen LogP contribution < -0.4 is 5.32 Å². The maximum absolute atomic E-state index is 11.3. The van der Waals surface area contributed by atoms with Crippen molar-refractivity contribution in [2.75, 3.05) is 20.2 Å². The predicted molar refractivity (Wildman–Crippen MR) is 46.7 cm³/mol. The Kier molecular flexibility index (Phi) is 3.09. The van der Waals surface area contributed by atoms with Crippen molar-refractivity contribution in [3.05, 3.63) is 0 Å². The first-order chi connectivity index (χ1) is 5.66. The van der Waals surface area contributed by atoms with Gasteiger partial charge in [0.05, 0.1) is 13.0 Å². The molecule has 3 nitrogen and oxygen atoms in total. The van der Waals surface area contributed by atoms with Gasteiger partial charge in [-0.25, -0.2) is 0 Å². The maximum atomic E-state index is 11.3. The molecular weight excluding hydrogens is 154 g/mol. The van der Waals surface area contributed by atoms with Gasteiger partial charge in [-0.05, 0) is 24.9 Å². The molecule has 0 saturated carbocycles. The van der Waals surface area contributed by atoms with Crippen molar-refractivity contribution in [1.82, 2.24) is 5.32 Å². The van der Waals surface area contributed by atoms with Crippen molar-refractivity contribution in [2.24, 2.45) is 17.8 Å². The molecule has 2 unspecified atom stereocenters. The summed E-state index contributed by atoms with van der Waals surface area (Å²) in [6.07, 6.45) is 0. The summed E-state index contributed by atoms with van der Waals surface area (Å²) >= 11 is 0. The lowest BCUT2D eigenvalue weighted by Gasteiger charge is -2.32. The van der Waals surface area contributed by atoms with E-state index in [0.29, 0.717) is 11.8 Å². The molecule has 70 valence electrons. The van der Waals surface area contributed by atoms with Crippen LogP contribution in [0.1, 0.15) is 13.8 Å². The first-order valence-corrected chi connectivity index (χ1v) is 4.45. The Labute approximate surface area is 73.5 Å². The smallest absolute Gasteiger partial charge is 0.309 e. The first-order valence-electron chi connectivity index (χ1n) is 4.45. The number of esters is 1. The number of hydrogen-bond donors (Lipinski definition) is 1. The van der Waals surface area contributed by atoms with Crippen LogP contribution in [0.15, 0.2) is 0 Å². The molecule has 0 aromatic rings. The molecular formula is C9H17NO2. The lowest BCUT2D eigenvalue weighted by molar-refractivity contribution is -0.150. The molecule has 0 amide bonds. The van der Waals surface area contributed by atoms with Gasteiger partial charge in [-0.15, -0.1) is 0 Å². The lowest BCUT2D eigenvalue weighted by Crippen LogP contribution is -2.45. The summed E-state index contributed by atoms with van der Waals surface area (Å²) in [5, 5.41) is 3.29. The Morgan fingerprint density at radius 1 is 1.33 bits per heavy atom. The van der Waals surface area contributed by atoms with Gasteiger partial charge in [-0.3, -0.25) is 4.79 Å². The highest BCUT2D eigenvalue weighted by molar-refractivity contribution is 5.73. The van der Waals surface area contributed by atoms with E-state index in [1.54, 1.807) is 0 Å². The van der Waals surface area contributed by atoms with Gasteiger partial charge in [-0.2, -0.15) is 0 Å². The molecule has 0 aromatic carbocycles. The van der Waals surface area contributed by atoms with Crippen molar-refractivity contribution < 1.29 is 9.53 Å². The van der Waals surface area contributed by atoms with Gasteiger partial charge in [0.1, 0.15) is 0 Å². The number of ether oxygens (including phenoxy) is 1. The Morgan fingerprint density at radius 3 is 2.25 bits per heavy atom. The summed E-state index contributed by atoms with van der Waals surface area (Å²) in [6.45, 7) is 6.02. The SMILES string of the molecule is COC(=O)C1C(C)CNCC1C. The molecule has 0 radical (unpaired) electrons. The summed E-state index contributed by atoms with van der Waals surface area (Å²) < 4.78 is 4.76. The summed E-state index contributed by atoms with van der Waals surface area (Å²) in [4.78, 5) is 11.3. The standard InChI is InChI=1S/C9H17NO2/c1-6-4-10-5-7(2)8(6)9(11)12-3/h6-8,10H,4-5H2,1-3H3. The average molecular weight is 171 g/mol. The van der Waals surface area contributed by atoms with E-state index in [9.17, 15) is 4.79 Å². The van der Waals surface area contributed by atoms with Crippen LogP contribution in [0.3, 0.4) is 0 Å². The van der Waals surface area contributed by atoms with E-state index < -0.39 is 0 Å². The monoisotopic (exact) mass is 171 g/mol. The van der Waals surface area contributed by atoms with E-state index in [2.05, 4.69) is 19.2 Å². The van der Waals surface area contributed by atoms with Crippen LogP contribution in [0.2, 0.25) is 0 Å². The maximum Gasteiger partial charge on any atom is 0.309 e. The fourth-order valence-electron chi connectivity index (χ4n) is 1.95. The zero-order valence-corrected chi connectivity index (χ0v) is 7.96. The van der Waals surface area contributed by atoms with Crippen molar-refractivity contribution in [2.45, 2.75) is 13.8 Å². The summed E-state index contributed by atoms with van der Waals surface area (Å²) in [5.41, 5.74) is 0. The molecule has 0 aliphatic carbocycles. The zero-order valence-electron chi connectivity index (χ0n) is 7.96. The third kappa shape index (κ3) is 1.78. The van der Waals surface area contributed by atoms with Crippen LogP contribution in [-0.2, 0) is 9.53 Å². The topological polar surface area (TPSA) is 38.3 Å². The van der Waals surface area contributed by atoms with E-state index in [1.165, 1.54) is 7.11 Å². The quantitative estimate of drug-likeness (QED) is 0.589. The fraction of sp³-hybridized carbons (Fsp3) is 0.889. The molecule has 1 saturated heterocycles. The van der Waals surface area contributed by atoms with Crippen LogP contribution in [0.25, 0.3) is 0 Å². The van der Waals surface area contributed by atoms with E-state index in [-0.39, 0.29) is 11.9 Å². The van der Waals surface area contributed by atoms with Gasteiger partial charge in [0.25, 0.3) is 0 Å². The summed E-state index contributed by atoms with van der Waals surface area (Å²) in [6, 6.07) is 0. The van der Waals surface area contributed by atoms with E-state index >= 15 is 0 Å². The number of nitrogens with one attached hydrogen (secondary N) is 1. The van der Waals surface area contributed by atoms with Crippen LogP contribution in [-0.4, -0.2) is 26.2 Å². The highest BCUT2D eigenvalue weighted by Gasteiger charge is 2.33. The Hall–Kier alpha value is -0.570. The molecule has 12 heavy (non-hydrogen) atoms. The second kappa shape index (κ2) is 3.90. The number of hydrogen-bond acceptors (Lipinski definition) is 3. The van der Waals surface area contributed by atoms with Crippen LogP contribution in [0.5, 0.6) is 0 Å². The molecule has 1 fully saturated rings. The Morgan fingerprint density at radius 2 is 1.83 bits per heavy atom. The molecule has 0 spiro atoms. The number of methoxy groups -OCH3 is 1. The second-order valence-electron chi connectivity index (χ2n) is 3.66. The largest absolute Gasteiger partial charge is 0.469 e. The highest BCUT2D eigenvalue weighted by Crippen LogP contribution is 2.24. The molecule has 1 rings (SSSR count). The summed E-state index contributed by atoms with van der Waals surface area (Å²) in [7, 11) is 1.46. The number of rotatable bonds is 1. The van der Waals surface area contributed by atoms with Crippen molar-refractivity contribution in [1.29, 1.82) is 0 Å². The molecule has 1 aliphatic heterocycles. The molecule has 0 bridgehead atoms. The van der Waals surface area contributed by atoms with Crippen molar-refractivity contribution in [3.63, 3.8) is 0 Å². The zero-order chi connectivity index (χ0) is 9.14. The van der Waals surface area contributed by atoms with Gasteiger partial charge in [0, 0.05) is 0 Å². The number of carbonyl (C=O) groups excluding carboxylic acids is 1. The van der Waals surface area contributed by atoms with Crippen molar-refractivity contribution >= 4 is 5.97 Å². The van der Waals surface area contributed by atoms with E-state index in [1.807, 2.05) is 0 Å². The minimum Gasteiger partial charge on any atom is -0.469 e. The second-order valence-corrected chi connectivity index (χ2v) is 3.66. The fourth-order valence-corrected chi connectivity index (χ4v) is 1.95. The molecule has 1 aliphatic rings. The predicted octanol–water partition coefficient (Wildman–Crippen LogP) is 0.651. The molecule has 1 heterocycles. The van der Waals surface area contributed by atoms with Crippen LogP contribution in [0, 0.1) is 17.8 Å². The molecule has 0 aromatic heterocycles. The molecule has 3 heteroatoms. The van der Waals surface area contributed by atoms with Gasteiger partial charge in [0.2, 0.25) is 0 Å². The first kappa shape index (κ1) is 9.52.